The summed E-state index contributed by atoms with van der Waals surface area (Å²) in [5.41, 5.74) is 2.79. The molecule has 19 heavy (non-hydrogen) atoms. The number of hydrogen-bond acceptors (Lipinski definition) is 2. The smallest absolute Gasteiger partial charge is 0.187 e. The lowest BCUT2D eigenvalue weighted by molar-refractivity contribution is 0.104. The topological polar surface area (TPSA) is 29.1 Å². The predicted molar refractivity (Wildman–Crippen MR) is 82.4 cm³/mol. The molecular formula is C16H14BrNO. The van der Waals surface area contributed by atoms with Gasteiger partial charge in [0, 0.05) is 28.0 Å². The summed E-state index contributed by atoms with van der Waals surface area (Å²) < 4.78 is 1.07. The van der Waals surface area contributed by atoms with Crippen molar-refractivity contribution in [2.75, 3.05) is 5.32 Å². The normalized spacial score (nSPS) is 10.6. The number of allylic oxidation sites excluding steroid dienone is 1. The molecule has 2 nitrogen and oxygen atoms in total. The molecule has 1 N–H and O–H groups in total. The van der Waals surface area contributed by atoms with Crippen molar-refractivity contribution in [1.29, 1.82) is 0 Å². The Morgan fingerprint density at radius 2 is 1.89 bits per heavy atom. The van der Waals surface area contributed by atoms with Crippen LogP contribution in [0.25, 0.3) is 0 Å². The molecule has 0 fully saturated rings. The molecule has 96 valence electrons. The molecule has 2 aromatic rings. The fraction of sp³-hybridized carbons (Fsp3) is 0.0625. The maximum atomic E-state index is 11.8. The second-order valence-corrected chi connectivity index (χ2v) is 5.03. The minimum Gasteiger partial charge on any atom is -0.362 e. The highest BCUT2D eigenvalue weighted by Crippen LogP contribution is 2.19. The van der Waals surface area contributed by atoms with Crippen molar-refractivity contribution in [3.63, 3.8) is 0 Å². The van der Waals surface area contributed by atoms with Gasteiger partial charge >= 0.3 is 0 Å². The summed E-state index contributed by atoms with van der Waals surface area (Å²) in [7, 11) is 0. The van der Waals surface area contributed by atoms with Gasteiger partial charge in [0.25, 0.3) is 0 Å². The molecule has 0 radical (unpaired) electrons. The van der Waals surface area contributed by atoms with Crippen molar-refractivity contribution in [1.82, 2.24) is 0 Å². The summed E-state index contributed by atoms with van der Waals surface area (Å²) >= 11 is 3.45. The van der Waals surface area contributed by atoms with E-state index in [4.69, 9.17) is 0 Å². The van der Waals surface area contributed by atoms with E-state index in [1.807, 2.05) is 43.3 Å². The fourth-order valence-corrected chi connectivity index (χ4v) is 1.89. The third-order valence-corrected chi connectivity index (χ3v) is 3.59. The Labute approximate surface area is 121 Å². The van der Waals surface area contributed by atoms with Crippen molar-refractivity contribution in [3.8, 4) is 0 Å². The van der Waals surface area contributed by atoms with E-state index in [9.17, 15) is 4.79 Å². The first-order valence-electron chi connectivity index (χ1n) is 5.95. The maximum absolute atomic E-state index is 11.8. The lowest BCUT2D eigenvalue weighted by Gasteiger charge is -2.03. The molecule has 0 saturated heterocycles. The van der Waals surface area contributed by atoms with Crippen molar-refractivity contribution in [3.05, 3.63) is 76.4 Å². The van der Waals surface area contributed by atoms with E-state index in [-0.39, 0.29) is 5.78 Å². The monoisotopic (exact) mass is 315 g/mol. The summed E-state index contributed by atoms with van der Waals surface area (Å²) in [6.45, 7) is 2.02. The zero-order valence-electron chi connectivity index (χ0n) is 10.6. The summed E-state index contributed by atoms with van der Waals surface area (Å²) in [6.07, 6.45) is 3.20. The van der Waals surface area contributed by atoms with Crippen molar-refractivity contribution in [2.24, 2.45) is 0 Å². The van der Waals surface area contributed by atoms with Crippen LogP contribution in [-0.2, 0) is 0 Å². The third-order valence-electron chi connectivity index (χ3n) is 2.70. The van der Waals surface area contributed by atoms with E-state index in [1.165, 1.54) is 6.08 Å². The van der Waals surface area contributed by atoms with E-state index in [0.29, 0.717) is 5.56 Å². The average Bonchev–Trinajstić information content (AvgIpc) is 2.43. The Morgan fingerprint density at radius 3 is 2.58 bits per heavy atom. The minimum absolute atomic E-state index is 0.0121. The van der Waals surface area contributed by atoms with Gasteiger partial charge in [-0.3, -0.25) is 4.79 Å². The number of halogens is 1. The number of aryl methyl sites for hydroxylation is 1. The third kappa shape index (κ3) is 3.80. The second kappa shape index (κ2) is 6.34. The van der Waals surface area contributed by atoms with Gasteiger partial charge < -0.3 is 5.32 Å². The number of ketones is 1. The average molecular weight is 316 g/mol. The number of anilines is 1. The molecule has 2 rings (SSSR count). The molecule has 0 heterocycles. The molecule has 0 aliphatic carbocycles. The molecule has 0 amide bonds. The molecule has 0 aliphatic rings. The first kappa shape index (κ1) is 13.6. The first-order chi connectivity index (χ1) is 9.16. The van der Waals surface area contributed by atoms with Crippen molar-refractivity contribution >= 4 is 27.4 Å². The van der Waals surface area contributed by atoms with Gasteiger partial charge in [-0.2, -0.15) is 0 Å². The molecule has 3 heteroatoms. The minimum atomic E-state index is -0.0121. The molecule has 0 saturated carbocycles. The number of hydrogen-bond donors (Lipinski definition) is 1. The zero-order chi connectivity index (χ0) is 13.7. The fourth-order valence-electron chi connectivity index (χ4n) is 1.65. The Hall–Kier alpha value is -1.87. The Balaban J connectivity index is 2.00. The van der Waals surface area contributed by atoms with Crippen LogP contribution in [0.5, 0.6) is 0 Å². The van der Waals surface area contributed by atoms with Crippen LogP contribution in [0.3, 0.4) is 0 Å². The van der Waals surface area contributed by atoms with Gasteiger partial charge in [0.15, 0.2) is 5.78 Å². The highest BCUT2D eigenvalue weighted by Gasteiger charge is 1.99. The Kier molecular flexibility index (Phi) is 4.53. The SMILES string of the molecule is Cc1cc(NC=CC(=O)c2ccccc2)ccc1Br. The lowest BCUT2D eigenvalue weighted by Crippen LogP contribution is -1.96. The molecular weight excluding hydrogens is 302 g/mol. The predicted octanol–water partition coefficient (Wildman–Crippen LogP) is 4.57. The van der Waals surface area contributed by atoms with Crippen LogP contribution < -0.4 is 5.32 Å². The van der Waals surface area contributed by atoms with Crippen LogP contribution in [0.1, 0.15) is 15.9 Å². The van der Waals surface area contributed by atoms with Crippen LogP contribution >= 0.6 is 15.9 Å². The van der Waals surface area contributed by atoms with E-state index in [0.717, 1.165) is 15.7 Å². The van der Waals surface area contributed by atoms with Crippen molar-refractivity contribution in [2.45, 2.75) is 6.92 Å². The molecule has 0 unspecified atom stereocenters. The molecule has 0 aromatic heterocycles. The summed E-state index contributed by atoms with van der Waals surface area (Å²) in [6, 6.07) is 15.1. The molecule has 0 spiro atoms. The van der Waals surface area contributed by atoms with E-state index < -0.39 is 0 Å². The van der Waals surface area contributed by atoms with E-state index >= 15 is 0 Å². The number of carbonyl (C=O) groups excluding carboxylic acids is 1. The standard InChI is InChI=1S/C16H14BrNO/c1-12-11-14(7-8-15(12)17)18-10-9-16(19)13-5-3-2-4-6-13/h2-11,18H,1H3. The van der Waals surface area contributed by atoms with Crippen LogP contribution in [0.2, 0.25) is 0 Å². The quantitative estimate of drug-likeness (QED) is 0.661. The van der Waals surface area contributed by atoms with E-state index in [2.05, 4.69) is 21.2 Å². The molecule has 0 bridgehead atoms. The van der Waals surface area contributed by atoms with Gasteiger partial charge in [-0.25, -0.2) is 0 Å². The van der Waals surface area contributed by atoms with Gasteiger partial charge in [0.2, 0.25) is 0 Å². The van der Waals surface area contributed by atoms with Gasteiger partial charge in [0.1, 0.15) is 0 Å². The van der Waals surface area contributed by atoms with Crippen LogP contribution in [0, 0.1) is 6.92 Å². The number of benzene rings is 2. The molecule has 0 aliphatic heterocycles. The molecule has 2 aromatic carbocycles. The van der Waals surface area contributed by atoms with Gasteiger partial charge in [-0.05, 0) is 30.7 Å². The van der Waals surface area contributed by atoms with Crippen LogP contribution in [0.15, 0.2) is 65.3 Å². The number of rotatable bonds is 4. The van der Waals surface area contributed by atoms with Gasteiger partial charge in [-0.1, -0.05) is 46.3 Å². The summed E-state index contributed by atoms with van der Waals surface area (Å²) in [5, 5.41) is 3.09. The number of nitrogens with one attached hydrogen (secondary N) is 1. The summed E-state index contributed by atoms with van der Waals surface area (Å²) in [5.74, 6) is -0.0121. The van der Waals surface area contributed by atoms with Crippen molar-refractivity contribution < 1.29 is 4.79 Å². The lowest BCUT2D eigenvalue weighted by atomic mass is 10.1. The van der Waals surface area contributed by atoms with E-state index in [1.54, 1.807) is 18.3 Å². The zero-order valence-corrected chi connectivity index (χ0v) is 12.1. The maximum Gasteiger partial charge on any atom is 0.187 e. The van der Waals surface area contributed by atoms with Gasteiger partial charge in [0.05, 0.1) is 0 Å². The van der Waals surface area contributed by atoms with Gasteiger partial charge in [-0.15, -0.1) is 0 Å². The Morgan fingerprint density at radius 1 is 1.16 bits per heavy atom. The number of carbonyl (C=O) groups is 1. The summed E-state index contributed by atoms with van der Waals surface area (Å²) in [4.78, 5) is 11.8. The highest BCUT2D eigenvalue weighted by molar-refractivity contribution is 9.10. The molecule has 0 atom stereocenters. The second-order valence-electron chi connectivity index (χ2n) is 4.17. The first-order valence-corrected chi connectivity index (χ1v) is 6.75. The largest absolute Gasteiger partial charge is 0.362 e. The highest BCUT2D eigenvalue weighted by atomic mass is 79.9. The Bertz CT molecular complexity index is 605. The van der Waals surface area contributed by atoms with Crippen LogP contribution in [0.4, 0.5) is 5.69 Å². The van der Waals surface area contributed by atoms with Crippen LogP contribution in [-0.4, -0.2) is 5.78 Å².